The second kappa shape index (κ2) is 9.52. The molecular weight excluding hydrogens is 446 g/mol. The third-order valence-corrected chi connectivity index (χ3v) is 6.91. The molecule has 33 heavy (non-hydrogen) atoms. The van der Waals surface area contributed by atoms with E-state index in [1.165, 1.54) is 16.7 Å². The highest BCUT2D eigenvalue weighted by molar-refractivity contribution is 7.71. The third kappa shape index (κ3) is 4.60. The van der Waals surface area contributed by atoms with Crippen molar-refractivity contribution in [3.63, 3.8) is 0 Å². The lowest BCUT2D eigenvalue weighted by molar-refractivity contribution is 0.239. The molecule has 0 atom stereocenters. The summed E-state index contributed by atoms with van der Waals surface area (Å²) in [5, 5.41) is 0.730. The molecule has 0 saturated heterocycles. The van der Waals surface area contributed by atoms with Crippen LogP contribution in [0.4, 0.5) is 0 Å². The Balaban J connectivity index is 1.48. The maximum absolute atomic E-state index is 6.16. The summed E-state index contributed by atoms with van der Waals surface area (Å²) in [7, 11) is 0. The van der Waals surface area contributed by atoms with E-state index in [9.17, 15) is 0 Å². The molecule has 2 heterocycles. The molecule has 0 N–H and O–H groups in total. The summed E-state index contributed by atoms with van der Waals surface area (Å²) in [6.07, 6.45) is 5.56. The molecule has 166 valence electrons. The van der Waals surface area contributed by atoms with Crippen LogP contribution in [0.15, 0.2) is 91.1 Å². The van der Waals surface area contributed by atoms with Crippen LogP contribution < -0.4 is 0 Å². The first kappa shape index (κ1) is 21.9. The number of hydrogen-bond donors (Lipinski definition) is 0. The molecule has 0 radical (unpaired) electrons. The number of nitrogens with zero attached hydrogens (tertiary/aromatic N) is 3. The number of hydrogen-bond acceptors (Lipinski definition) is 2. The first-order valence-electron chi connectivity index (χ1n) is 11.2. The smallest absolute Gasteiger partial charge is 0.186 e. The Morgan fingerprint density at radius 1 is 0.879 bits per heavy atom. The molecule has 1 aliphatic rings. The van der Waals surface area contributed by atoms with Gasteiger partial charge in [0.25, 0.3) is 0 Å². The molecule has 5 rings (SSSR count). The van der Waals surface area contributed by atoms with Crippen LogP contribution >= 0.6 is 23.8 Å². The van der Waals surface area contributed by atoms with Gasteiger partial charge in [-0.15, -0.1) is 0 Å². The van der Waals surface area contributed by atoms with Crippen LogP contribution in [-0.2, 0) is 6.67 Å². The van der Waals surface area contributed by atoms with E-state index in [1.54, 1.807) is 0 Å². The molecule has 0 aliphatic carbocycles. The van der Waals surface area contributed by atoms with Crippen LogP contribution in [0, 0.1) is 11.7 Å². The van der Waals surface area contributed by atoms with E-state index in [2.05, 4.69) is 100.0 Å². The van der Waals surface area contributed by atoms with E-state index in [0.29, 0.717) is 0 Å². The lowest BCUT2D eigenvalue weighted by Crippen LogP contribution is -2.30. The first-order chi connectivity index (χ1) is 16.1. The van der Waals surface area contributed by atoms with Gasteiger partial charge in [-0.3, -0.25) is 9.47 Å². The van der Waals surface area contributed by atoms with E-state index >= 15 is 0 Å². The van der Waals surface area contributed by atoms with Crippen LogP contribution in [0.3, 0.4) is 0 Å². The molecule has 1 aliphatic heterocycles. The van der Waals surface area contributed by atoms with Gasteiger partial charge < -0.3 is 4.57 Å². The summed E-state index contributed by atoms with van der Waals surface area (Å²) >= 11 is 12.2. The van der Waals surface area contributed by atoms with Crippen molar-refractivity contribution in [1.82, 2.24) is 14.0 Å². The van der Waals surface area contributed by atoms with Gasteiger partial charge >= 0.3 is 0 Å². The number of imidazole rings is 1. The molecule has 5 heteroatoms. The van der Waals surface area contributed by atoms with Gasteiger partial charge in [0.05, 0.1) is 18.1 Å². The summed E-state index contributed by atoms with van der Waals surface area (Å²) in [5.74, 6) is 0. The molecule has 0 amide bonds. The number of aryl methyl sites for hydroxylation is 1. The number of para-hydroxylation sites is 1. The summed E-state index contributed by atoms with van der Waals surface area (Å²) in [6.45, 7) is 4.81. The first-order valence-corrected chi connectivity index (χ1v) is 12.0. The molecule has 0 unspecified atom stereocenters. The fourth-order valence-corrected chi connectivity index (χ4v) is 4.87. The van der Waals surface area contributed by atoms with Gasteiger partial charge in [0.2, 0.25) is 0 Å². The second-order valence-electron chi connectivity index (χ2n) is 8.46. The topological polar surface area (TPSA) is 13.1 Å². The van der Waals surface area contributed by atoms with Gasteiger partial charge in [-0.05, 0) is 60.5 Å². The van der Waals surface area contributed by atoms with Crippen LogP contribution in [0.1, 0.15) is 17.5 Å². The summed E-state index contributed by atoms with van der Waals surface area (Å²) in [6, 6.07) is 27.0. The maximum Gasteiger partial charge on any atom is 0.186 e. The summed E-state index contributed by atoms with van der Waals surface area (Å²) in [5.41, 5.74) is 7.21. The average molecular weight is 472 g/mol. The minimum Gasteiger partial charge on any atom is -0.309 e. The van der Waals surface area contributed by atoms with Crippen LogP contribution in [-0.4, -0.2) is 27.1 Å². The maximum atomic E-state index is 6.16. The normalized spacial score (nSPS) is 14.3. The molecule has 3 nitrogen and oxygen atoms in total. The van der Waals surface area contributed by atoms with Crippen molar-refractivity contribution in [1.29, 1.82) is 0 Å². The van der Waals surface area contributed by atoms with Crippen LogP contribution in [0.2, 0.25) is 5.02 Å². The molecule has 0 spiro atoms. The monoisotopic (exact) mass is 471 g/mol. The van der Waals surface area contributed by atoms with E-state index in [1.807, 2.05) is 12.1 Å². The van der Waals surface area contributed by atoms with Gasteiger partial charge in [-0.25, -0.2) is 0 Å². The van der Waals surface area contributed by atoms with E-state index < -0.39 is 0 Å². The van der Waals surface area contributed by atoms with Gasteiger partial charge in [0.1, 0.15) is 0 Å². The van der Waals surface area contributed by atoms with Gasteiger partial charge in [0, 0.05) is 29.9 Å². The van der Waals surface area contributed by atoms with Crippen molar-refractivity contribution in [2.75, 3.05) is 13.1 Å². The standard InChI is InChI=1S/C28H26ClN3S/c1-21-7-5-6-10-26(21)32-27(24-11-13-25(29)14-12-24)19-31(28(32)33)20-30-17-15-23(16-18-30)22-8-3-2-4-9-22/h2-15,19H,16-18,20H2,1H3. The summed E-state index contributed by atoms with van der Waals surface area (Å²) < 4.78 is 5.17. The molecular formula is C28H26ClN3S. The Hall–Kier alpha value is -2.92. The van der Waals surface area contributed by atoms with E-state index in [-0.39, 0.29) is 0 Å². The Morgan fingerprint density at radius 3 is 2.30 bits per heavy atom. The van der Waals surface area contributed by atoms with Crippen molar-refractivity contribution in [2.24, 2.45) is 0 Å². The molecule has 1 aromatic heterocycles. The highest BCUT2D eigenvalue weighted by atomic mass is 35.5. The number of halogens is 1. The fourth-order valence-electron chi connectivity index (χ4n) is 4.43. The third-order valence-electron chi connectivity index (χ3n) is 6.24. The van der Waals surface area contributed by atoms with Gasteiger partial charge in [-0.1, -0.05) is 78.3 Å². The Bertz CT molecular complexity index is 1350. The average Bonchev–Trinajstić information content (AvgIpc) is 3.16. The Morgan fingerprint density at radius 2 is 1.61 bits per heavy atom. The second-order valence-corrected chi connectivity index (χ2v) is 9.26. The minimum absolute atomic E-state index is 0.730. The van der Waals surface area contributed by atoms with Crippen molar-refractivity contribution in [3.8, 4) is 16.9 Å². The predicted molar refractivity (Wildman–Crippen MR) is 140 cm³/mol. The highest BCUT2D eigenvalue weighted by Gasteiger charge is 2.18. The van der Waals surface area contributed by atoms with E-state index in [0.717, 1.165) is 52.9 Å². The minimum atomic E-state index is 0.730. The number of benzene rings is 3. The number of aromatic nitrogens is 2. The lowest BCUT2D eigenvalue weighted by atomic mass is 10.00. The molecule has 0 saturated carbocycles. The largest absolute Gasteiger partial charge is 0.309 e. The van der Waals surface area contributed by atoms with Crippen molar-refractivity contribution >= 4 is 29.4 Å². The van der Waals surface area contributed by atoms with Crippen molar-refractivity contribution in [2.45, 2.75) is 20.0 Å². The van der Waals surface area contributed by atoms with Gasteiger partial charge in [-0.2, -0.15) is 0 Å². The van der Waals surface area contributed by atoms with Crippen molar-refractivity contribution in [3.05, 3.63) is 112 Å². The SMILES string of the molecule is Cc1ccccc1-n1c(-c2ccc(Cl)cc2)cn(CN2CC=C(c3ccccc3)CC2)c1=S. The van der Waals surface area contributed by atoms with Crippen LogP contribution in [0.5, 0.6) is 0 Å². The zero-order valence-electron chi connectivity index (χ0n) is 18.6. The zero-order valence-corrected chi connectivity index (χ0v) is 20.2. The lowest BCUT2D eigenvalue weighted by Gasteiger charge is -2.26. The molecule has 4 aromatic rings. The fraction of sp³-hybridized carbons (Fsp3) is 0.179. The highest BCUT2D eigenvalue weighted by Crippen LogP contribution is 2.29. The molecule has 0 bridgehead atoms. The van der Waals surface area contributed by atoms with Gasteiger partial charge in [0.15, 0.2) is 4.77 Å². The van der Waals surface area contributed by atoms with Crippen molar-refractivity contribution < 1.29 is 0 Å². The van der Waals surface area contributed by atoms with Crippen LogP contribution in [0.25, 0.3) is 22.5 Å². The van der Waals surface area contributed by atoms with E-state index in [4.69, 9.17) is 23.8 Å². The summed E-state index contributed by atoms with van der Waals surface area (Å²) in [4.78, 5) is 2.44. The number of rotatable bonds is 5. The Labute approximate surface area is 205 Å². The quantitative estimate of drug-likeness (QED) is 0.281. The Kier molecular flexibility index (Phi) is 6.32. The molecule has 3 aromatic carbocycles. The molecule has 0 fully saturated rings. The zero-order chi connectivity index (χ0) is 22.8. The predicted octanol–water partition coefficient (Wildman–Crippen LogP) is 7.38.